The number of rotatable bonds is 4. The van der Waals surface area contributed by atoms with Crippen LogP contribution in [-0.4, -0.2) is 11.9 Å². The van der Waals surface area contributed by atoms with E-state index in [4.69, 9.17) is 0 Å². The van der Waals surface area contributed by atoms with Crippen LogP contribution in [0.4, 0.5) is 0 Å². The molecule has 3 N–H and O–H groups in total. The maximum absolute atomic E-state index is 12.3. The molecule has 0 radical (unpaired) electrons. The molecule has 1 aliphatic heterocycles. The first-order chi connectivity index (χ1) is 11.1. The Morgan fingerprint density at radius 3 is 2.74 bits per heavy atom. The summed E-state index contributed by atoms with van der Waals surface area (Å²) in [6, 6.07) is 16.3. The molecule has 120 valence electrons. The maximum Gasteiger partial charge on any atom is 0.238 e. The fourth-order valence-corrected chi connectivity index (χ4v) is 3.04. The van der Waals surface area contributed by atoms with E-state index < -0.39 is 0 Å². The van der Waals surface area contributed by atoms with Gasteiger partial charge in [-0.3, -0.25) is 4.79 Å². The normalized spacial score (nSPS) is 20.4. The van der Waals surface area contributed by atoms with E-state index in [1.54, 1.807) is 0 Å². The molecule has 4 nitrogen and oxygen atoms in total. The molecular formula is C18H20BrN3O. The lowest BCUT2D eigenvalue weighted by molar-refractivity contribution is -0.123. The SMILES string of the molecule is Cc1cccc(CNC(=O)C2CC(c3ccc(Br)cc3)NN2)c1. The second kappa shape index (κ2) is 7.25. The number of halogens is 1. The lowest BCUT2D eigenvalue weighted by Gasteiger charge is -2.11. The van der Waals surface area contributed by atoms with Crippen LogP contribution < -0.4 is 16.2 Å². The number of hydrogen-bond donors (Lipinski definition) is 3. The van der Waals surface area contributed by atoms with Crippen molar-refractivity contribution in [1.29, 1.82) is 0 Å². The van der Waals surface area contributed by atoms with E-state index in [1.807, 2.05) is 24.3 Å². The highest BCUT2D eigenvalue weighted by Gasteiger charge is 2.29. The van der Waals surface area contributed by atoms with Crippen molar-refractivity contribution in [2.24, 2.45) is 0 Å². The van der Waals surface area contributed by atoms with Crippen LogP contribution in [0, 0.1) is 6.92 Å². The van der Waals surface area contributed by atoms with Crippen LogP contribution >= 0.6 is 15.9 Å². The third-order valence-electron chi connectivity index (χ3n) is 4.04. The number of aryl methyl sites for hydroxylation is 1. The summed E-state index contributed by atoms with van der Waals surface area (Å²) in [4.78, 5) is 12.3. The predicted molar refractivity (Wildman–Crippen MR) is 94.6 cm³/mol. The molecule has 2 aromatic rings. The Balaban J connectivity index is 1.54. The second-order valence-electron chi connectivity index (χ2n) is 5.89. The summed E-state index contributed by atoms with van der Waals surface area (Å²) >= 11 is 3.44. The van der Waals surface area contributed by atoms with Crippen molar-refractivity contribution in [3.05, 3.63) is 69.7 Å². The average molecular weight is 374 g/mol. The third kappa shape index (κ3) is 4.19. The Kier molecular flexibility index (Phi) is 5.10. The first kappa shape index (κ1) is 16.2. The molecule has 23 heavy (non-hydrogen) atoms. The van der Waals surface area contributed by atoms with Crippen LogP contribution in [-0.2, 0) is 11.3 Å². The van der Waals surface area contributed by atoms with Gasteiger partial charge in [0.05, 0.1) is 0 Å². The van der Waals surface area contributed by atoms with Gasteiger partial charge in [-0.15, -0.1) is 0 Å². The van der Waals surface area contributed by atoms with E-state index >= 15 is 0 Å². The molecule has 0 aliphatic carbocycles. The van der Waals surface area contributed by atoms with Crippen molar-refractivity contribution in [1.82, 2.24) is 16.2 Å². The third-order valence-corrected chi connectivity index (χ3v) is 4.57. The molecule has 2 atom stereocenters. The number of hydrogen-bond acceptors (Lipinski definition) is 3. The molecule has 1 amide bonds. The van der Waals surface area contributed by atoms with Crippen LogP contribution in [0.2, 0.25) is 0 Å². The van der Waals surface area contributed by atoms with Crippen molar-refractivity contribution >= 4 is 21.8 Å². The molecule has 1 heterocycles. The number of carbonyl (C=O) groups is 1. The van der Waals surface area contributed by atoms with Crippen LogP contribution in [0.15, 0.2) is 53.0 Å². The minimum atomic E-state index is -0.214. The second-order valence-corrected chi connectivity index (χ2v) is 6.80. The summed E-state index contributed by atoms with van der Waals surface area (Å²) in [6.07, 6.45) is 0.737. The van der Waals surface area contributed by atoms with Gasteiger partial charge in [-0.05, 0) is 36.6 Å². The van der Waals surface area contributed by atoms with Gasteiger partial charge in [0.25, 0.3) is 0 Å². The van der Waals surface area contributed by atoms with Gasteiger partial charge in [0.2, 0.25) is 5.91 Å². The first-order valence-corrected chi connectivity index (χ1v) is 8.51. The van der Waals surface area contributed by atoms with Gasteiger partial charge in [-0.25, -0.2) is 10.9 Å². The number of hydrazine groups is 1. The van der Waals surface area contributed by atoms with Crippen LogP contribution in [0.1, 0.15) is 29.2 Å². The van der Waals surface area contributed by atoms with E-state index in [1.165, 1.54) is 11.1 Å². The fourth-order valence-electron chi connectivity index (χ4n) is 2.78. The van der Waals surface area contributed by atoms with Crippen molar-refractivity contribution in [2.45, 2.75) is 32.0 Å². The van der Waals surface area contributed by atoms with Crippen molar-refractivity contribution in [3.8, 4) is 0 Å². The number of carbonyl (C=O) groups excluding carboxylic acids is 1. The van der Waals surface area contributed by atoms with Gasteiger partial charge in [-0.1, -0.05) is 57.9 Å². The average Bonchev–Trinajstić information content (AvgIpc) is 3.03. The molecule has 1 aliphatic rings. The van der Waals surface area contributed by atoms with E-state index in [-0.39, 0.29) is 18.0 Å². The number of benzene rings is 2. The zero-order chi connectivity index (χ0) is 16.2. The summed E-state index contributed by atoms with van der Waals surface area (Å²) in [5.41, 5.74) is 9.79. The predicted octanol–water partition coefficient (Wildman–Crippen LogP) is 2.98. The van der Waals surface area contributed by atoms with Gasteiger partial charge >= 0.3 is 0 Å². The lowest BCUT2D eigenvalue weighted by atomic mass is 10.0. The van der Waals surface area contributed by atoms with Gasteiger partial charge in [-0.2, -0.15) is 0 Å². The molecule has 0 aromatic heterocycles. The molecular weight excluding hydrogens is 354 g/mol. The Hall–Kier alpha value is -1.69. The van der Waals surface area contributed by atoms with E-state index in [9.17, 15) is 4.79 Å². The van der Waals surface area contributed by atoms with Crippen molar-refractivity contribution < 1.29 is 4.79 Å². The largest absolute Gasteiger partial charge is 0.351 e. The lowest BCUT2D eigenvalue weighted by Crippen LogP contribution is -2.42. The fraction of sp³-hybridized carbons (Fsp3) is 0.278. The Labute approximate surface area is 144 Å². The molecule has 3 rings (SSSR count). The zero-order valence-electron chi connectivity index (χ0n) is 13.0. The van der Waals surface area contributed by atoms with Gasteiger partial charge < -0.3 is 5.32 Å². The van der Waals surface area contributed by atoms with Crippen LogP contribution in [0.3, 0.4) is 0 Å². The molecule has 0 saturated carbocycles. The van der Waals surface area contributed by atoms with E-state index in [0.717, 1.165) is 16.5 Å². The molecule has 1 saturated heterocycles. The molecule has 0 bridgehead atoms. The topological polar surface area (TPSA) is 53.2 Å². The minimum Gasteiger partial charge on any atom is -0.351 e. The van der Waals surface area contributed by atoms with Crippen molar-refractivity contribution in [3.63, 3.8) is 0 Å². The summed E-state index contributed by atoms with van der Waals surface area (Å²) in [5, 5.41) is 3.00. The van der Waals surface area contributed by atoms with Gasteiger partial charge in [0.1, 0.15) is 6.04 Å². The Bertz CT molecular complexity index is 687. The number of nitrogens with one attached hydrogen (secondary N) is 3. The molecule has 5 heteroatoms. The van der Waals surface area contributed by atoms with E-state index in [2.05, 4.69) is 63.3 Å². The minimum absolute atomic E-state index is 0.0265. The Morgan fingerprint density at radius 2 is 2.00 bits per heavy atom. The molecule has 0 spiro atoms. The van der Waals surface area contributed by atoms with E-state index in [0.29, 0.717) is 6.54 Å². The molecule has 2 unspecified atom stereocenters. The van der Waals surface area contributed by atoms with Crippen molar-refractivity contribution in [2.75, 3.05) is 0 Å². The van der Waals surface area contributed by atoms with Gasteiger partial charge in [0, 0.05) is 17.1 Å². The zero-order valence-corrected chi connectivity index (χ0v) is 14.6. The molecule has 2 aromatic carbocycles. The summed E-state index contributed by atoms with van der Waals surface area (Å²) in [7, 11) is 0. The summed E-state index contributed by atoms with van der Waals surface area (Å²) in [5.74, 6) is 0.0265. The highest BCUT2D eigenvalue weighted by molar-refractivity contribution is 9.10. The van der Waals surface area contributed by atoms with Gasteiger partial charge in [0.15, 0.2) is 0 Å². The van der Waals surface area contributed by atoms with Crippen LogP contribution in [0.5, 0.6) is 0 Å². The number of amides is 1. The monoisotopic (exact) mass is 373 g/mol. The quantitative estimate of drug-likeness (QED) is 0.771. The highest BCUT2D eigenvalue weighted by atomic mass is 79.9. The van der Waals surface area contributed by atoms with Crippen LogP contribution in [0.25, 0.3) is 0 Å². The standard InChI is InChI=1S/C18H20BrN3O/c1-12-3-2-4-13(9-12)11-20-18(23)17-10-16(21-22-17)14-5-7-15(19)8-6-14/h2-9,16-17,21-22H,10-11H2,1H3,(H,20,23). The summed E-state index contributed by atoms with van der Waals surface area (Å²) < 4.78 is 1.06. The highest BCUT2D eigenvalue weighted by Crippen LogP contribution is 2.23. The summed E-state index contributed by atoms with van der Waals surface area (Å²) in [6.45, 7) is 2.61. The Morgan fingerprint density at radius 1 is 1.22 bits per heavy atom. The maximum atomic E-state index is 12.3. The molecule has 1 fully saturated rings. The first-order valence-electron chi connectivity index (χ1n) is 7.71. The smallest absolute Gasteiger partial charge is 0.238 e.